The number of halogens is 3. The first kappa shape index (κ1) is 15.7. The van der Waals surface area contributed by atoms with Crippen LogP contribution < -0.4 is 5.32 Å². The molecule has 6 nitrogen and oxygen atoms in total. The SMILES string of the molecule is O=CCCNC(=O)c1ccc(-c2noc(C(F)(F)F)n2)cc1. The zero-order chi connectivity index (χ0) is 16.2. The molecule has 0 fully saturated rings. The standard InChI is InChI=1S/C13H10F3N3O3/c14-13(15,16)12-18-10(19-22-12)8-2-4-9(5-3-8)11(21)17-6-1-7-20/h2-5,7H,1,6H2,(H,17,21). The number of nitrogens with one attached hydrogen (secondary N) is 1. The van der Waals surface area contributed by atoms with Gasteiger partial charge in [0.25, 0.3) is 5.91 Å². The maximum atomic E-state index is 12.4. The average molecular weight is 313 g/mol. The van der Waals surface area contributed by atoms with Crippen LogP contribution in [0.15, 0.2) is 28.8 Å². The molecule has 0 atom stereocenters. The van der Waals surface area contributed by atoms with Gasteiger partial charge in [0.15, 0.2) is 0 Å². The molecule has 116 valence electrons. The third kappa shape index (κ3) is 3.68. The summed E-state index contributed by atoms with van der Waals surface area (Å²) in [7, 11) is 0. The van der Waals surface area contributed by atoms with Gasteiger partial charge in [-0.05, 0) is 12.1 Å². The largest absolute Gasteiger partial charge is 0.471 e. The maximum Gasteiger partial charge on any atom is 0.471 e. The summed E-state index contributed by atoms with van der Waals surface area (Å²) in [5.41, 5.74) is 0.581. The normalized spacial score (nSPS) is 11.2. The molecule has 22 heavy (non-hydrogen) atoms. The van der Waals surface area contributed by atoms with Crippen molar-refractivity contribution in [1.29, 1.82) is 0 Å². The molecule has 0 unspecified atom stereocenters. The van der Waals surface area contributed by atoms with E-state index < -0.39 is 18.0 Å². The molecule has 1 heterocycles. The number of benzene rings is 1. The van der Waals surface area contributed by atoms with Crippen LogP contribution in [0.5, 0.6) is 0 Å². The molecule has 9 heteroatoms. The fraction of sp³-hybridized carbons (Fsp3) is 0.231. The highest BCUT2D eigenvalue weighted by molar-refractivity contribution is 5.94. The van der Waals surface area contributed by atoms with Gasteiger partial charge in [-0.25, -0.2) is 0 Å². The third-order valence-electron chi connectivity index (χ3n) is 2.62. The first-order valence-electron chi connectivity index (χ1n) is 6.15. The minimum Gasteiger partial charge on any atom is -0.352 e. The molecule has 1 N–H and O–H groups in total. The van der Waals surface area contributed by atoms with E-state index >= 15 is 0 Å². The van der Waals surface area contributed by atoms with Crippen LogP contribution in [0.2, 0.25) is 0 Å². The lowest BCUT2D eigenvalue weighted by molar-refractivity contribution is -0.159. The van der Waals surface area contributed by atoms with Crippen molar-refractivity contribution >= 4 is 12.2 Å². The van der Waals surface area contributed by atoms with E-state index in [-0.39, 0.29) is 24.4 Å². The van der Waals surface area contributed by atoms with Crippen molar-refractivity contribution in [1.82, 2.24) is 15.5 Å². The fourth-order valence-electron chi connectivity index (χ4n) is 1.57. The van der Waals surface area contributed by atoms with E-state index in [0.717, 1.165) is 0 Å². The quantitative estimate of drug-likeness (QED) is 0.675. The van der Waals surface area contributed by atoms with E-state index in [2.05, 4.69) is 20.0 Å². The molecule has 0 aliphatic heterocycles. The van der Waals surface area contributed by atoms with Crippen LogP contribution in [0.1, 0.15) is 22.7 Å². The van der Waals surface area contributed by atoms with Crippen molar-refractivity contribution in [3.8, 4) is 11.4 Å². The van der Waals surface area contributed by atoms with Gasteiger partial charge in [0.05, 0.1) is 0 Å². The second-order valence-corrected chi connectivity index (χ2v) is 4.21. The third-order valence-corrected chi connectivity index (χ3v) is 2.62. The molecule has 1 amide bonds. The van der Waals surface area contributed by atoms with Gasteiger partial charge in [-0.1, -0.05) is 17.3 Å². The van der Waals surface area contributed by atoms with Gasteiger partial charge >= 0.3 is 12.1 Å². The molecule has 0 radical (unpaired) electrons. The topological polar surface area (TPSA) is 85.1 Å². The lowest BCUT2D eigenvalue weighted by atomic mass is 10.1. The highest BCUT2D eigenvalue weighted by atomic mass is 19.4. The summed E-state index contributed by atoms with van der Waals surface area (Å²) >= 11 is 0. The van der Waals surface area contributed by atoms with Crippen molar-refractivity contribution in [2.75, 3.05) is 6.54 Å². The molecule has 2 rings (SSSR count). The van der Waals surface area contributed by atoms with E-state index in [1.807, 2.05) is 0 Å². The predicted octanol–water partition coefficient (Wildman–Crippen LogP) is 2.07. The Bertz CT molecular complexity index is 665. The van der Waals surface area contributed by atoms with Crippen LogP contribution in [-0.2, 0) is 11.0 Å². The number of carbonyl (C=O) groups is 2. The molecule has 0 saturated heterocycles. The summed E-state index contributed by atoms with van der Waals surface area (Å²) in [5, 5.41) is 5.76. The lowest BCUT2D eigenvalue weighted by Gasteiger charge is -2.03. The number of amides is 1. The first-order valence-corrected chi connectivity index (χ1v) is 6.15. The molecule has 0 spiro atoms. The van der Waals surface area contributed by atoms with E-state index in [1.54, 1.807) is 0 Å². The second-order valence-electron chi connectivity index (χ2n) is 4.21. The van der Waals surface area contributed by atoms with E-state index in [1.165, 1.54) is 24.3 Å². The number of aromatic nitrogens is 2. The monoisotopic (exact) mass is 313 g/mol. The zero-order valence-corrected chi connectivity index (χ0v) is 11.1. The maximum absolute atomic E-state index is 12.4. The second kappa shape index (κ2) is 6.37. The highest BCUT2D eigenvalue weighted by Gasteiger charge is 2.38. The Morgan fingerprint density at radius 1 is 1.27 bits per heavy atom. The van der Waals surface area contributed by atoms with Crippen LogP contribution >= 0.6 is 0 Å². The van der Waals surface area contributed by atoms with E-state index in [9.17, 15) is 22.8 Å². The van der Waals surface area contributed by atoms with Crippen molar-refractivity contribution in [3.63, 3.8) is 0 Å². The van der Waals surface area contributed by atoms with Gasteiger partial charge in [0, 0.05) is 24.1 Å². The average Bonchev–Trinajstić information content (AvgIpc) is 2.97. The lowest BCUT2D eigenvalue weighted by Crippen LogP contribution is -2.24. The number of aldehydes is 1. The van der Waals surface area contributed by atoms with Crippen molar-refractivity contribution < 1.29 is 27.3 Å². The molecule has 2 aromatic rings. The number of rotatable bonds is 5. The number of hydrogen-bond acceptors (Lipinski definition) is 5. The summed E-state index contributed by atoms with van der Waals surface area (Å²) in [6, 6.07) is 5.63. The summed E-state index contributed by atoms with van der Waals surface area (Å²) < 4.78 is 41.2. The molecule has 0 aliphatic rings. The van der Waals surface area contributed by atoms with Crippen LogP contribution in [0.3, 0.4) is 0 Å². The Morgan fingerprint density at radius 2 is 1.95 bits per heavy atom. The van der Waals surface area contributed by atoms with Gasteiger partial charge in [-0.2, -0.15) is 18.2 Å². The van der Waals surface area contributed by atoms with Gasteiger partial charge in [-0.3, -0.25) is 4.79 Å². The summed E-state index contributed by atoms with van der Waals surface area (Å²) in [4.78, 5) is 25.1. The Kier molecular flexibility index (Phi) is 4.54. The van der Waals surface area contributed by atoms with Crippen LogP contribution in [0, 0.1) is 0 Å². The number of hydrogen-bond donors (Lipinski definition) is 1. The van der Waals surface area contributed by atoms with Gasteiger partial charge in [0.1, 0.15) is 6.29 Å². The highest BCUT2D eigenvalue weighted by Crippen LogP contribution is 2.29. The Balaban J connectivity index is 2.10. The first-order chi connectivity index (χ1) is 10.4. The Hall–Kier alpha value is -2.71. The molecular formula is C13H10F3N3O3. The van der Waals surface area contributed by atoms with E-state index in [4.69, 9.17) is 0 Å². The van der Waals surface area contributed by atoms with Crippen LogP contribution in [-0.4, -0.2) is 28.9 Å². The summed E-state index contributed by atoms with van der Waals surface area (Å²) in [6.07, 6.45) is -3.82. The summed E-state index contributed by atoms with van der Waals surface area (Å²) in [6.45, 7) is 0.212. The van der Waals surface area contributed by atoms with Gasteiger partial charge in [0.2, 0.25) is 5.82 Å². The molecule has 1 aromatic heterocycles. The number of alkyl halides is 3. The van der Waals surface area contributed by atoms with Crippen molar-refractivity contribution in [2.24, 2.45) is 0 Å². The smallest absolute Gasteiger partial charge is 0.352 e. The summed E-state index contributed by atoms with van der Waals surface area (Å²) in [5.74, 6) is -2.05. The fourth-order valence-corrected chi connectivity index (χ4v) is 1.57. The molecular weight excluding hydrogens is 303 g/mol. The minimum atomic E-state index is -4.70. The molecule has 0 saturated carbocycles. The minimum absolute atomic E-state index is 0.201. The van der Waals surface area contributed by atoms with E-state index in [0.29, 0.717) is 11.8 Å². The van der Waals surface area contributed by atoms with Gasteiger partial charge < -0.3 is 14.6 Å². The van der Waals surface area contributed by atoms with Crippen LogP contribution in [0.25, 0.3) is 11.4 Å². The van der Waals surface area contributed by atoms with Crippen molar-refractivity contribution in [3.05, 3.63) is 35.7 Å². The predicted molar refractivity (Wildman–Crippen MR) is 67.8 cm³/mol. The van der Waals surface area contributed by atoms with Crippen LogP contribution in [0.4, 0.5) is 13.2 Å². The Labute approximate surface area is 122 Å². The molecule has 0 bridgehead atoms. The Morgan fingerprint density at radius 3 is 2.50 bits per heavy atom. The molecule has 0 aliphatic carbocycles. The van der Waals surface area contributed by atoms with Crippen molar-refractivity contribution in [2.45, 2.75) is 12.6 Å². The van der Waals surface area contributed by atoms with Gasteiger partial charge in [-0.15, -0.1) is 0 Å². The zero-order valence-electron chi connectivity index (χ0n) is 11.1. The number of carbonyl (C=O) groups excluding carboxylic acids is 2. The number of nitrogens with zero attached hydrogens (tertiary/aromatic N) is 2. The molecule has 1 aromatic carbocycles.